The van der Waals surface area contributed by atoms with Crippen LogP contribution < -0.4 is 5.32 Å². The van der Waals surface area contributed by atoms with Crippen molar-refractivity contribution in [3.8, 4) is 0 Å². The zero-order valence-corrected chi connectivity index (χ0v) is 13.6. The first-order chi connectivity index (χ1) is 10.5. The first kappa shape index (κ1) is 15.5. The lowest BCUT2D eigenvalue weighted by atomic mass is 10.1. The summed E-state index contributed by atoms with van der Waals surface area (Å²) in [5, 5.41) is 2.90. The molecule has 1 unspecified atom stereocenters. The van der Waals surface area contributed by atoms with E-state index < -0.39 is 10.0 Å². The molecule has 1 aromatic rings. The minimum atomic E-state index is -3.46. The van der Waals surface area contributed by atoms with E-state index in [0.29, 0.717) is 18.2 Å². The molecule has 22 heavy (non-hydrogen) atoms. The third kappa shape index (κ3) is 3.17. The second kappa shape index (κ2) is 6.01. The maximum atomic E-state index is 12.7. The maximum Gasteiger partial charge on any atom is 0.251 e. The summed E-state index contributed by atoms with van der Waals surface area (Å²) in [6, 6.07) is 6.61. The average Bonchev–Trinajstić information content (AvgIpc) is 3.31. The topological polar surface area (TPSA) is 66.5 Å². The monoisotopic (exact) mass is 322 g/mol. The largest absolute Gasteiger partial charge is 0.349 e. The SMILES string of the molecule is CC1CCCCN1S(=O)(=O)c1ccc(C(=O)NC2CC2)cc1. The highest BCUT2D eigenvalue weighted by Gasteiger charge is 2.31. The molecule has 2 aliphatic rings. The van der Waals surface area contributed by atoms with Crippen molar-refractivity contribution in [3.05, 3.63) is 29.8 Å². The van der Waals surface area contributed by atoms with Crippen LogP contribution in [0.5, 0.6) is 0 Å². The van der Waals surface area contributed by atoms with Gasteiger partial charge in [-0.1, -0.05) is 6.42 Å². The van der Waals surface area contributed by atoms with Gasteiger partial charge in [-0.2, -0.15) is 4.31 Å². The number of nitrogens with one attached hydrogen (secondary N) is 1. The maximum absolute atomic E-state index is 12.7. The third-order valence-corrected chi connectivity index (χ3v) is 6.41. The molecule has 1 N–H and O–H groups in total. The number of carbonyl (C=O) groups is 1. The van der Waals surface area contributed by atoms with Crippen molar-refractivity contribution in [3.63, 3.8) is 0 Å². The number of benzene rings is 1. The quantitative estimate of drug-likeness (QED) is 0.923. The predicted octanol–water partition coefficient (Wildman–Crippen LogP) is 2.14. The summed E-state index contributed by atoms with van der Waals surface area (Å²) in [4.78, 5) is 12.2. The lowest BCUT2D eigenvalue weighted by Crippen LogP contribution is -2.41. The van der Waals surface area contributed by atoms with Gasteiger partial charge in [0, 0.05) is 24.2 Å². The van der Waals surface area contributed by atoms with Crippen LogP contribution in [-0.2, 0) is 10.0 Å². The molecule has 6 heteroatoms. The Morgan fingerprint density at radius 3 is 2.41 bits per heavy atom. The molecule has 1 aromatic carbocycles. The highest BCUT2D eigenvalue weighted by Crippen LogP contribution is 2.25. The van der Waals surface area contributed by atoms with Gasteiger partial charge in [-0.25, -0.2) is 8.42 Å². The van der Waals surface area contributed by atoms with Gasteiger partial charge in [-0.3, -0.25) is 4.79 Å². The molecule has 1 aliphatic heterocycles. The standard InChI is InChI=1S/C16H22N2O3S/c1-12-4-2-3-11-18(12)22(20,21)15-9-5-13(6-10-15)16(19)17-14-7-8-14/h5-6,9-10,12,14H,2-4,7-8,11H2,1H3,(H,17,19). The molecule has 2 fully saturated rings. The fourth-order valence-electron chi connectivity index (χ4n) is 2.84. The number of rotatable bonds is 4. The summed E-state index contributed by atoms with van der Waals surface area (Å²) in [6.45, 7) is 2.53. The molecule has 1 aliphatic carbocycles. The number of amides is 1. The smallest absolute Gasteiger partial charge is 0.251 e. The molecule has 3 rings (SSSR count). The Balaban J connectivity index is 1.77. The lowest BCUT2D eigenvalue weighted by Gasteiger charge is -2.32. The van der Waals surface area contributed by atoms with Crippen molar-refractivity contribution < 1.29 is 13.2 Å². The van der Waals surface area contributed by atoms with Gasteiger partial charge in [0.25, 0.3) is 5.91 Å². The number of carbonyl (C=O) groups excluding carboxylic acids is 1. The van der Waals surface area contributed by atoms with E-state index in [-0.39, 0.29) is 16.8 Å². The summed E-state index contributed by atoms with van der Waals surface area (Å²) in [6.07, 6.45) is 4.95. The fourth-order valence-corrected chi connectivity index (χ4v) is 4.54. The minimum absolute atomic E-state index is 0.0385. The van der Waals surface area contributed by atoms with Crippen molar-refractivity contribution in [2.75, 3.05) is 6.54 Å². The van der Waals surface area contributed by atoms with Crippen LogP contribution in [-0.4, -0.2) is 37.3 Å². The average molecular weight is 322 g/mol. The number of sulfonamides is 1. The summed E-state index contributed by atoms with van der Waals surface area (Å²) in [5.74, 6) is -0.127. The van der Waals surface area contributed by atoms with Gasteiger partial charge in [0.1, 0.15) is 0 Å². The summed E-state index contributed by atoms with van der Waals surface area (Å²) >= 11 is 0. The van der Waals surface area contributed by atoms with Crippen LogP contribution in [0.1, 0.15) is 49.4 Å². The van der Waals surface area contributed by atoms with Crippen molar-refractivity contribution in [2.24, 2.45) is 0 Å². The van der Waals surface area contributed by atoms with Crippen LogP contribution in [0.15, 0.2) is 29.2 Å². The molecule has 1 saturated heterocycles. The second-order valence-corrected chi connectivity index (χ2v) is 8.12. The molecule has 1 amide bonds. The number of hydrogen-bond donors (Lipinski definition) is 1. The molecular formula is C16H22N2O3S. The number of hydrogen-bond acceptors (Lipinski definition) is 3. The third-order valence-electron chi connectivity index (χ3n) is 4.38. The van der Waals surface area contributed by atoms with E-state index in [0.717, 1.165) is 32.1 Å². The molecule has 1 atom stereocenters. The molecule has 5 nitrogen and oxygen atoms in total. The first-order valence-corrected chi connectivity index (χ1v) is 9.35. The Kier molecular flexibility index (Phi) is 4.23. The van der Waals surface area contributed by atoms with Crippen molar-refractivity contribution in [1.29, 1.82) is 0 Å². The molecule has 120 valence electrons. The van der Waals surface area contributed by atoms with Gasteiger partial charge >= 0.3 is 0 Å². The van der Waals surface area contributed by atoms with Gasteiger partial charge in [0.05, 0.1) is 4.90 Å². The summed E-state index contributed by atoms with van der Waals surface area (Å²) < 4.78 is 27.0. The Bertz CT molecular complexity index is 650. The van der Waals surface area contributed by atoms with Crippen LogP contribution in [0.25, 0.3) is 0 Å². The first-order valence-electron chi connectivity index (χ1n) is 7.91. The van der Waals surface area contributed by atoms with Gasteiger partial charge in [0.15, 0.2) is 0 Å². The summed E-state index contributed by atoms with van der Waals surface area (Å²) in [5.41, 5.74) is 0.512. The van der Waals surface area contributed by atoms with Crippen LogP contribution in [0, 0.1) is 0 Å². The zero-order chi connectivity index (χ0) is 15.7. The predicted molar refractivity (Wildman–Crippen MR) is 84.1 cm³/mol. The molecule has 0 spiro atoms. The number of nitrogens with zero attached hydrogens (tertiary/aromatic N) is 1. The van der Waals surface area contributed by atoms with E-state index in [1.807, 2.05) is 6.92 Å². The van der Waals surface area contributed by atoms with Crippen LogP contribution >= 0.6 is 0 Å². The van der Waals surface area contributed by atoms with Crippen LogP contribution in [0.3, 0.4) is 0 Å². The van der Waals surface area contributed by atoms with Gasteiger partial charge in [-0.15, -0.1) is 0 Å². The van der Waals surface area contributed by atoms with E-state index in [1.165, 1.54) is 0 Å². The van der Waals surface area contributed by atoms with Gasteiger partial charge < -0.3 is 5.32 Å². The van der Waals surface area contributed by atoms with Crippen LogP contribution in [0.4, 0.5) is 0 Å². The Morgan fingerprint density at radius 1 is 1.14 bits per heavy atom. The Hall–Kier alpha value is -1.40. The van der Waals surface area contributed by atoms with Crippen molar-refractivity contribution >= 4 is 15.9 Å². The summed E-state index contributed by atoms with van der Waals surface area (Å²) in [7, 11) is -3.46. The van der Waals surface area contributed by atoms with E-state index in [1.54, 1.807) is 28.6 Å². The molecule has 1 heterocycles. The zero-order valence-electron chi connectivity index (χ0n) is 12.8. The molecule has 0 radical (unpaired) electrons. The Labute approximate surface area is 131 Å². The molecule has 1 saturated carbocycles. The molecular weight excluding hydrogens is 300 g/mol. The van der Waals surface area contributed by atoms with Gasteiger partial charge in [0.2, 0.25) is 10.0 Å². The molecule has 0 bridgehead atoms. The van der Waals surface area contributed by atoms with E-state index in [9.17, 15) is 13.2 Å². The van der Waals surface area contributed by atoms with E-state index in [2.05, 4.69) is 5.32 Å². The van der Waals surface area contributed by atoms with Crippen LogP contribution in [0.2, 0.25) is 0 Å². The normalized spacial score (nSPS) is 23.2. The number of piperidine rings is 1. The minimum Gasteiger partial charge on any atom is -0.349 e. The Morgan fingerprint density at radius 2 is 1.82 bits per heavy atom. The molecule has 0 aromatic heterocycles. The van der Waals surface area contributed by atoms with Crippen molar-refractivity contribution in [1.82, 2.24) is 9.62 Å². The highest BCUT2D eigenvalue weighted by molar-refractivity contribution is 7.89. The second-order valence-electron chi connectivity index (χ2n) is 6.23. The van der Waals surface area contributed by atoms with E-state index in [4.69, 9.17) is 0 Å². The van der Waals surface area contributed by atoms with Crippen molar-refractivity contribution in [2.45, 2.75) is 56.0 Å². The fraction of sp³-hybridized carbons (Fsp3) is 0.562. The van der Waals surface area contributed by atoms with E-state index >= 15 is 0 Å². The highest BCUT2D eigenvalue weighted by atomic mass is 32.2. The lowest BCUT2D eigenvalue weighted by molar-refractivity contribution is 0.0951. The van der Waals surface area contributed by atoms with Gasteiger partial charge in [-0.05, 0) is 56.9 Å².